The van der Waals surface area contributed by atoms with Gasteiger partial charge in [-0.15, -0.1) is 0 Å². The Morgan fingerprint density at radius 1 is 1.04 bits per heavy atom. The summed E-state index contributed by atoms with van der Waals surface area (Å²) < 4.78 is 5.41. The summed E-state index contributed by atoms with van der Waals surface area (Å²) in [6.07, 6.45) is 9.53. The Morgan fingerprint density at radius 3 is 2.50 bits per heavy atom. The Bertz CT molecular complexity index is 2080. The zero-order chi connectivity index (χ0) is 39.6. The van der Waals surface area contributed by atoms with Crippen LogP contribution < -0.4 is 16.0 Å². The predicted molar refractivity (Wildman–Crippen MR) is 217 cm³/mol. The Morgan fingerprint density at radius 2 is 1.80 bits per heavy atom. The van der Waals surface area contributed by atoms with Crippen molar-refractivity contribution in [3.05, 3.63) is 88.7 Å². The Balaban J connectivity index is 0.869. The van der Waals surface area contributed by atoms with Crippen LogP contribution in [-0.2, 0) is 27.3 Å². The minimum atomic E-state index is -0.894. The van der Waals surface area contributed by atoms with Crippen LogP contribution in [0.2, 0.25) is 0 Å². The van der Waals surface area contributed by atoms with E-state index in [1.807, 2.05) is 48.7 Å². The van der Waals surface area contributed by atoms with E-state index in [2.05, 4.69) is 44.3 Å². The van der Waals surface area contributed by atoms with Crippen molar-refractivity contribution in [2.24, 2.45) is 11.7 Å². The van der Waals surface area contributed by atoms with Gasteiger partial charge in [0.2, 0.25) is 5.91 Å². The van der Waals surface area contributed by atoms with Crippen molar-refractivity contribution in [3.63, 3.8) is 0 Å². The van der Waals surface area contributed by atoms with Crippen LogP contribution in [0.25, 0.3) is 10.9 Å². The summed E-state index contributed by atoms with van der Waals surface area (Å²) in [7, 11) is 2.16. The molecule has 0 spiro atoms. The molecule has 5 heterocycles. The molecule has 12 nitrogen and oxygen atoms in total. The van der Waals surface area contributed by atoms with E-state index in [1.165, 1.54) is 22.6 Å². The van der Waals surface area contributed by atoms with Crippen LogP contribution >= 0.6 is 0 Å². The Hall–Kier alpha value is -5.23. The number of amides is 3. The van der Waals surface area contributed by atoms with Crippen LogP contribution in [0.3, 0.4) is 0 Å². The second-order valence-corrected chi connectivity index (χ2v) is 16.8. The largest absolute Gasteiger partial charge is 0.460 e. The van der Waals surface area contributed by atoms with Crippen LogP contribution in [0, 0.1) is 5.92 Å². The highest BCUT2D eigenvalue weighted by atomic mass is 16.6. The van der Waals surface area contributed by atoms with Crippen LogP contribution in [-0.4, -0.2) is 81.8 Å². The Kier molecular flexibility index (Phi) is 11.5. The van der Waals surface area contributed by atoms with Gasteiger partial charge >= 0.3 is 5.97 Å². The fourth-order valence-corrected chi connectivity index (χ4v) is 8.65. The van der Waals surface area contributed by atoms with Crippen LogP contribution in [0.15, 0.2) is 60.8 Å². The third-order valence-corrected chi connectivity index (χ3v) is 11.6. The number of nitrogens with zero attached hydrogens (tertiary/aromatic N) is 4. The lowest BCUT2D eigenvalue weighted by Crippen LogP contribution is -2.45. The van der Waals surface area contributed by atoms with E-state index in [1.54, 1.807) is 20.8 Å². The molecule has 2 atom stereocenters. The number of hydrogen-bond donors (Lipinski definition) is 3. The molecule has 4 N–H and O–H groups in total. The number of ether oxygens (including phenoxy) is 1. The molecule has 2 saturated heterocycles. The summed E-state index contributed by atoms with van der Waals surface area (Å²) >= 11 is 0. The highest BCUT2D eigenvalue weighted by Gasteiger charge is 2.38. The van der Waals surface area contributed by atoms with Gasteiger partial charge in [0.05, 0.1) is 5.52 Å². The number of piperidine rings is 1. The number of benzene rings is 2. The SMILES string of the molecule is CN1CCC[C@@H]1c1cc2cnc(NC(=O)c3ccc(CCCC4CCN(c5cccc6c5CN([C@@H](CCC(=O)OC(C)(C)C)C(N)=O)C6=O)CC4)cc3)cc2[nH]1. The number of aromatic amines is 1. The lowest BCUT2D eigenvalue weighted by atomic mass is 9.90. The summed E-state index contributed by atoms with van der Waals surface area (Å²) in [5.74, 6) is -0.316. The molecule has 56 heavy (non-hydrogen) atoms. The van der Waals surface area contributed by atoms with Gasteiger partial charge in [0, 0.05) is 77.8 Å². The molecule has 12 heteroatoms. The number of nitrogens with two attached hydrogens (primary N) is 1. The maximum absolute atomic E-state index is 13.5. The summed E-state index contributed by atoms with van der Waals surface area (Å²) in [4.78, 5) is 65.7. The van der Waals surface area contributed by atoms with E-state index in [-0.39, 0.29) is 31.2 Å². The molecule has 4 aromatic rings. The number of esters is 1. The molecule has 0 unspecified atom stereocenters. The molecule has 2 fully saturated rings. The molecule has 296 valence electrons. The van der Waals surface area contributed by atoms with Crippen molar-refractivity contribution in [1.82, 2.24) is 19.8 Å². The highest BCUT2D eigenvalue weighted by Crippen LogP contribution is 2.36. The number of aromatic nitrogens is 2. The summed E-state index contributed by atoms with van der Waals surface area (Å²) in [6.45, 7) is 8.54. The van der Waals surface area contributed by atoms with Crippen molar-refractivity contribution >= 4 is 46.1 Å². The second-order valence-electron chi connectivity index (χ2n) is 16.8. The molecule has 2 aromatic carbocycles. The van der Waals surface area contributed by atoms with E-state index in [0.29, 0.717) is 28.9 Å². The molecular weight excluding hydrogens is 707 g/mol. The number of H-pyrrole nitrogens is 1. The third kappa shape index (κ3) is 8.91. The molecular formula is C44H55N7O5. The maximum Gasteiger partial charge on any atom is 0.306 e. The number of carbonyl (C=O) groups is 4. The average Bonchev–Trinajstić information content (AvgIpc) is 3.88. The van der Waals surface area contributed by atoms with Crippen molar-refractivity contribution in [2.45, 2.75) is 103 Å². The number of likely N-dealkylation sites (tertiary alicyclic amines) is 1. The first-order chi connectivity index (χ1) is 26.8. The number of hydrogen-bond acceptors (Lipinski definition) is 8. The van der Waals surface area contributed by atoms with Crippen LogP contribution in [0.1, 0.15) is 116 Å². The molecule has 0 saturated carbocycles. The quantitative estimate of drug-likeness (QED) is 0.127. The highest BCUT2D eigenvalue weighted by molar-refractivity contribution is 6.04. The fraction of sp³-hybridized carbons (Fsp3) is 0.477. The predicted octanol–water partition coefficient (Wildman–Crippen LogP) is 6.75. The molecule has 0 bridgehead atoms. The van der Waals surface area contributed by atoms with E-state index in [9.17, 15) is 19.2 Å². The fourth-order valence-electron chi connectivity index (χ4n) is 8.65. The van der Waals surface area contributed by atoms with E-state index >= 15 is 0 Å². The van der Waals surface area contributed by atoms with Gasteiger partial charge in [0.1, 0.15) is 17.5 Å². The van der Waals surface area contributed by atoms with Gasteiger partial charge in [-0.25, -0.2) is 4.98 Å². The van der Waals surface area contributed by atoms with Gasteiger partial charge in [-0.3, -0.25) is 24.1 Å². The lowest BCUT2D eigenvalue weighted by molar-refractivity contribution is -0.155. The van der Waals surface area contributed by atoms with Gasteiger partial charge < -0.3 is 30.6 Å². The molecule has 7 rings (SSSR count). The molecule has 0 aliphatic carbocycles. The summed E-state index contributed by atoms with van der Waals surface area (Å²) in [6, 6.07) is 17.2. The number of pyridine rings is 1. The van der Waals surface area contributed by atoms with E-state index < -0.39 is 23.5 Å². The van der Waals surface area contributed by atoms with Crippen molar-refractivity contribution < 1.29 is 23.9 Å². The number of carbonyl (C=O) groups excluding carboxylic acids is 4. The van der Waals surface area contributed by atoms with Gasteiger partial charge in [-0.1, -0.05) is 18.2 Å². The van der Waals surface area contributed by atoms with Gasteiger partial charge in [0.25, 0.3) is 11.8 Å². The monoisotopic (exact) mass is 761 g/mol. The summed E-state index contributed by atoms with van der Waals surface area (Å²) in [5.41, 5.74) is 11.6. The smallest absolute Gasteiger partial charge is 0.306 e. The van der Waals surface area contributed by atoms with E-state index in [0.717, 1.165) is 80.3 Å². The van der Waals surface area contributed by atoms with E-state index in [4.69, 9.17) is 10.5 Å². The van der Waals surface area contributed by atoms with Crippen molar-refractivity contribution in [2.75, 3.05) is 36.9 Å². The van der Waals surface area contributed by atoms with Crippen LogP contribution in [0.5, 0.6) is 0 Å². The average molecular weight is 762 g/mol. The minimum Gasteiger partial charge on any atom is -0.460 e. The molecule has 0 radical (unpaired) electrons. The van der Waals surface area contributed by atoms with Crippen LogP contribution in [0.4, 0.5) is 11.5 Å². The van der Waals surface area contributed by atoms with Gasteiger partial charge in [-0.2, -0.15) is 0 Å². The topological polar surface area (TPSA) is 154 Å². The van der Waals surface area contributed by atoms with Crippen molar-refractivity contribution in [1.29, 1.82) is 0 Å². The minimum absolute atomic E-state index is 0.00217. The molecule has 3 aliphatic heterocycles. The number of aryl methyl sites for hydroxylation is 1. The zero-order valence-electron chi connectivity index (χ0n) is 33.1. The van der Waals surface area contributed by atoms with Gasteiger partial charge in [0.15, 0.2) is 0 Å². The zero-order valence-corrected chi connectivity index (χ0v) is 33.1. The number of rotatable bonds is 13. The first-order valence-corrected chi connectivity index (χ1v) is 20.1. The summed E-state index contributed by atoms with van der Waals surface area (Å²) in [5, 5.41) is 4.01. The Labute approximate surface area is 329 Å². The van der Waals surface area contributed by atoms with Gasteiger partial charge in [-0.05, 0) is 128 Å². The standard InChI is InChI=1S/C44H55N7O5/c1-44(2,3)56-40(52)18-17-38(41(45)53)51-27-33-32(43(51)55)10-6-11-36(33)50-22-19-29(20-23-50)9-5-8-28-13-15-30(16-14-28)42(54)48-39-25-34-31(26-46-39)24-35(47-34)37-12-7-21-49(37)4/h6,10-11,13-16,24-26,29,37-38,47H,5,7-9,12,17-23,27H2,1-4H3,(H2,45,53)(H,46,48,54)/t37-,38+/m1/s1. The first kappa shape index (κ1) is 39.0. The number of anilines is 2. The lowest BCUT2D eigenvalue weighted by Gasteiger charge is -2.35. The normalized spacial score (nSPS) is 18.4. The molecule has 3 aliphatic rings. The number of fused-ring (bicyclic) bond motifs is 2. The maximum atomic E-state index is 13.5. The number of nitrogens with one attached hydrogen (secondary N) is 2. The first-order valence-electron chi connectivity index (χ1n) is 20.1. The molecule has 3 amide bonds. The third-order valence-electron chi connectivity index (χ3n) is 11.6. The second kappa shape index (κ2) is 16.5. The number of primary amides is 1. The van der Waals surface area contributed by atoms with Crippen molar-refractivity contribution in [3.8, 4) is 0 Å². The molecule has 2 aromatic heterocycles.